The number of aromatic nitrogens is 2. The maximum Gasteiger partial charge on any atom is 0.266 e. The SMILES string of the molecule is CCCN(C(=O)c1ccc(F)cc1)C(CC)c1nc2ccccc2c(=O)n1-c1ccccc1. The first-order valence-corrected chi connectivity index (χ1v) is 11.2. The quantitative estimate of drug-likeness (QED) is 0.377. The van der Waals surface area contributed by atoms with E-state index in [4.69, 9.17) is 4.98 Å². The number of halogens is 1. The van der Waals surface area contributed by atoms with Crippen molar-refractivity contribution in [3.63, 3.8) is 0 Å². The topological polar surface area (TPSA) is 55.2 Å². The van der Waals surface area contributed by atoms with Crippen LogP contribution in [0.4, 0.5) is 4.39 Å². The number of nitrogens with zero attached hydrogens (tertiary/aromatic N) is 3. The van der Waals surface area contributed by atoms with Crippen molar-refractivity contribution in [1.29, 1.82) is 0 Å². The summed E-state index contributed by atoms with van der Waals surface area (Å²) < 4.78 is 15.1. The Labute approximate surface area is 192 Å². The van der Waals surface area contributed by atoms with E-state index >= 15 is 0 Å². The second-order valence-corrected chi connectivity index (χ2v) is 7.89. The maximum atomic E-state index is 13.6. The van der Waals surface area contributed by atoms with E-state index in [2.05, 4.69) is 0 Å². The summed E-state index contributed by atoms with van der Waals surface area (Å²) in [5.74, 6) is -0.100. The molecular formula is C27H26FN3O2. The first-order chi connectivity index (χ1) is 16.0. The van der Waals surface area contributed by atoms with Gasteiger partial charge in [-0.15, -0.1) is 0 Å². The highest BCUT2D eigenvalue weighted by Gasteiger charge is 2.29. The van der Waals surface area contributed by atoms with Crippen LogP contribution < -0.4 is 5.56 Å². The molecule has 0 spiro atoms. The Hall–Kier alpha value is -3.80. The minimum Gasteiger partial charge on any atom is -0.328 e. The molecule has 1 amide bonds. The van der Waals surface area contributed by atoms with Gasteiger partial charge < -0.3 is 4.90 Å². The van der Waals surface area contributed by atoms with Gasteiger partial charge in [-0.2, -0.15) is 0 Å². The van der Waals surface area contributed by atoms with Gasteiger partial charge in [-0.05, 0) is 61.4 Å². The minimum atomic E-state index is -0.444. The van der Waals surface area contributed by atoms with Crippen LogP contribution >= 0.6 is 0 Å². The molecule has 5 nitrogen and oxygen atoms in total. The van der Waals surface area contributed by atoms with Gasteiger partial charge in [0.15, 0.2) is 0 Å². The van der Waals surface area contributed by atoms with Crippen molar-refractivity contribution in [1.82, 2.24) is 14.5 Å². The van der Waals surface area contributed by atoms with Crippen LogP contribution in [0.25, 0.3) is 16.6 Å². The normalized spacial score (nSPS) is 12.0. The Kier molecular flexibility index (Phi) is 6.63. The Morgan fingerprint density at radius 1 is 0.970 bits per heavy atom. The van der Waals surface area contributed by atoms with Crippen LogP contribution in [0.15, 0.2) is 83.7 Å². The summed E-state index contributed by atoms with van der Waals surface area (Å²) in [5, 5.41) is 0.520. The van der Waals surface area contributed by atoms with Crippen LogP contribution in [0.1, 0.15) is 48.9 Å². The number of fused-ring (bicyclic) bond motifs is 1. The highest BCUT2D eigenvalue weighted by molar-refractivity contribution is 5.94. The van der Waals surface area contributed by atoms with Crippen LogP contribution in [-0.2, 0) is 0 Å². The van der Waals surface area contributed by atoms with Gasteiger partial charge in [0.25, 0.3) is 11.5 Å². The molecule has 0 saturated heterocycles. The fourth-order valence-electron chi connectivity index (χ4n) is 4.14. The molecule has 3 aromatic carbocycles. The summed E-state index contributed by atoms with van der Waals surface area (Å²) in [7, 11) is 0. The summed E-state index contributed by atoms with van der Waals surface area (Å²) in [5.41, 5.74) is 1.51. The summed E-state index contributed by atoms with van der Waals surface area (Å²) in [6.45, 7) is 4.45. The van der Waals surface area contributed by atoms with E-state index in [0.717, 1.165) is 6.42 Å². The molecule has 6 heteroatoms. The summed E-state index contributed by atoms with van der Waals surface area (Å²) in [6, 6.07) is 21.7. The second kappa shape index (κ2) is 9.77. The molecule has 1 atom stereocenters. The van der Waals surface area contributed by atoms with Crippen molar-refractivity contribution >= 4 is 16.8 Å². The van der Waals surface area contributed by atoms with Crippen molar-refractivity contribution in [3.05, 3.63) is 106 Å². The van der Waals surface area contributed by atoms with Crippen molar-refractivity contribution < 1.29 is 9.18 Å². The zero-order chi connectivity index (χ0) is 23.4. The van der Waals surface area contributed by atoms with Crippen LogP contribution in [-0.4, -0.2) is 26.9 Å². The Bertz CT molecular complexity index is 1320. The fraction of sp³-hybridized carbons (Fsp3) is 0.222. The highest BCUT2D eigenvalue weighted by atomic mass is 19.1. The van der Waals surface area contributed by atoms with Crippen molar-refractivity contribution in [2.24, 2.45) is 0 Å². The first-order valence-electron chi connectivity index (χ1n) is 11.2. The number of amides is 1. The summed E-state index contributed by atoms with van der Waals surface area (Å²) in [6.07, 6.45) is 1.29. The zero-order valence-corrected chi connectivity index (χ0v) is 18.7. The lowest BCUT2D eigenvalue weighted by atomic mass is 10.1. The molecular weight excluding hydrogens is 417 g/mol. The van der Waals surface area contributed by atoms with Crippen LogP contribution in [0, 0.1) is 5.82 Å². The van der Waals surface area contributed by atoms with Gasteiger partial charge in [0.05, 0.1) is 22.6 Å². The summed E-state index contributed by atoms with van der Waals surface area (Å²) in [4.78, 5) is 33.7. The van der Waals surface area contributed by atoms with E-state index in [1.165, 1.54) is 24.3 Å². The van der Waals surface area contributed by atoms with E-state index in [1.54, 1.807) is 15.5 Å². The maximum absolute atomic E-state index is 13.6. The Morgan fingerprint density at radius 3 is 2.30 bits per heavy atom. The molecule has 0 aliphatic carbocycles. The number of carbonyl (C=O) groups excluding carboxylic acids is 1. The lowest BCUT2D eigenvalue weighted by molar-refractivity contribution is 0.0659. The van der Waals surface area contributed by atoms with Gasteiger partial charge in [-0.1, -0.05) is 44.2 Å². The lowest BCUT2D eigenvalue weighted by Crippen LogP contribution is -2.39. The number of para-hydroxylation sites is 2. The average molecular weight is 444 g/mol. The lowest BCUT2D eigenvalue weighted by Gasteiger charge is -2.32. The van der Waals surface area contributed by atoms with E-state index in [-0.39, 0.29) is 11.5 Å². The van der Waals surface area contributed by atoms with Crippen LogP contribution in [0.5, 0.6) is 0 Å². The predicted molar refractivity (Wildman–Crippen MR) is 128 cm³/mol. The molecule has 33 heavy (non-hydrogen) atoms. The standard InChI is InChI=1S/C27H26FN3O2/c1-3-18-30(26(32)19-14-16-20(28)17-15-19)24(4-2)25-29-23-13-9-8-12-22(23)27(33)31(25)21-10-6-5-7-11-21/h5-17,24H,3-4,18H2,1-2H3. The monoisotopic (exact) mass is 443 g/mol. The van der Waals surface area contributed by atoms with Gasteiger partial charge in [-0.25, -0.2) is 9.37 Å². The highest BCUT2D eigenvalue weighted by Crippen LogP contribution is 2.27. The number of hydrogen-bond donors (Lipinski definition) is 0. The van der Waals surface area contributed by atoms with Crippen molar-refractivity contribution in [3.8, 4) is 5.69 Å². The molecule has 0 fully saturated rings. The molecule has 0 radical (unpaired) electrons. The smallest absolute Gasteiger partial charge is 0.266 e. The van der Waals surface area contributed by atoms with E-state index in [0.29, 0.717) is 40.9 Å². The van der Waals surface area contributed by atoms with Gasteiger partial charge in [0.2, 0.25) is 0 Å². The molecule has 4 aromatic rings. The third-order valence-electron chi connectivity index (χ3n) is 5.69. The molecule has 1 aromatic heterocycles. The molecule has 168 valence electrons. The molecule has 0 bridgehead atoms. The average Bonchev–Trinajstić information content (AvgIpc) is 2.85. The van der Waals surface area contributed by atoms with Gasteiger partial charge >= 0.3 is 0 Å². The Balaban J connectivity index is 1.92. The summed E-state index contributed by atoms with van der Waals surface area (Å²) >= 11 is 0. The first kappa shape index (κ1) is 22.4. The molecule has 1 heterocycles. The molecule has 0 aliphatic heterocycles. The fourth-order valence-corrected chi connectivity index (χ4v) is 4.14. The molecule has 4 rings (SSSR count). The number of carbonyl (C=O) groups is 1. The molecule has 0 saturated carbocycles. The van der Waals surface area contributed by atoms with Crippen molar-refractivity contribution in [2.45, 2.75) is 32.7 Å². The van der Waals surface area contributed by atoms with Crippen LogP contribution in [0.3, 0.4) is 0 Å². The number of benzene rings is 3. The zero-order valence-electron chi connectivity index (χ0n) is 18.7. The number of hydrogen-bond acceptors (Lipinski definition) is 3. The number of rotatable bonds is 7. The predicted octanol–water partition coefficient (Wildman–Crippen LogP) is 5.53. The largest absolute Gasteiger partial charge is 0.328 e. The third kappa shape index (κ3) is 4.42. The molecule has 1 unspecified atom stereocenters. The third-order valence-corrected chi connectivity index (χ3v) is 5.69. The van der Waals surface area contributed by atoms with E-state index in [1.807, 2.05) is 62.4 Å². The van der Waals surface area contributed by atoms with Gasteiger partial charge in [-0.3, -0.25) is 14.2 Å². The van der Waals surface area contributed by atoms with Gasteiger partial charge in [0.1, 0.15) is 11.6 Å². The second-order valence-electron chi connectivity index (χ2n) is 7.89. The van der Waals surface area contributed by atoms with Crippen LogP contribution in [0.2, 0.25) is 0 Å². The molecule has 0 N–H and O–H groups in total. The Morgan fingerprint density at radius 2 is 1.64 bits per heavy atom. The van der Waals surface area contributed by atoms with Crippen molar-refractivity contribution in [2.75, 3.05) is 6.54 Å². The molecule has 0 aliphatic rings. The minimum absolute atomic E-state index is 0.175. The van der Waals surface area contributed by atoms with E-state index in [9.17, 15) is 14.0 Å². The van der Waals surface area contributed by atoms with Gasteiger partial charge in [0, 0.05) is 12.1 Å². The van der Waals surface area contributed by atoms with E-state index < -0.39 is 11.9 Å².